The summed E-state index contributed by atoms with van der Waals surface area (Å²) in [6.07, 6.45) is 0. The normalized spacial score (nSPS) is 13.7. The molecule has 0 radical (unpaired) electrons. The molecule has 11 rings (SSSR count). The second-order valence-electron chi connectivity index (χ2n) is 13.7. The molecule has 0 saturated carbocycles. The van der Waals surface area contributed by atoms with Gasteiger partial charge in [-0.25, -0.2) is 0 Å². The maximum absolute atomic E-state index is 2.49. The van der Waals surface area contributed by atoms with Crippen LogP contribution in [0.25, 0.3) is 66.3 Å². The number of rotatable bonds is 2. The van der Waals surface area contributed by atoms with Crippen LogP contribution >= 0.6 is 0 Å². The molecule has 2 aliphatic carbocycles. The molecule has 1 spiro atoms. The molecular formula is C47H32N2. The van der Waals surface area contributed by atoms with Gasteiger partial charge in [0.05, 0.1) is 22.0 Å². The first-order valence-electron chi connectivity index (χ1n) is 17.2. The van der Waals surface area contributed by atoms with Crippen molar-refractivity contribution in [1.82, 2.24) is 9.13 Å². The van der Waals surface area contributed by atoms with Crippen LogP contribution in [0.4, 0.5) is 0 Å². The van der Waals surface area contributed by atoms with Crippen molar-refractivity contribution in [1.29, 1.82) is 0 Å². The minimum absolute atomic E-state index is 0.450. The van der Waals surface area contributed by atoms with Crippen molar-refractivity contribution in [3.05, 3.63) is 191 Å². The van der Waals surface area contributed by atoms with Crippen molar-refractivity contribution in [3.63, 3.8) is 0 Å². The molecule has 0 atom stereocenters. The number of hydrogen-bond acceptors (Lipinski definition) is 0. The lowest BCUT2D eigenvalue weighted by atomic mass is 9.70. The number of para-hydroxylation sites is 3. The molecule has 0 bridgehead atoms. The predicted molar refractivity (Wildman–Crippen MR) is 203 cm³/mol. The Bertz CT molecular complexity index is 2760. The van der Waals surface area contributed by atoms with Crippen molar-refractivity contribution in [2.75, 3.05) is 0 Å². The fraction of sp³-hybridized carbons (Fsp3) is 0.0638. The molecule has 2 aliphatic rings. The van der Waals surface area contributed by atoms with Gasteiger partial charge in [-0.3, -0.25) is 0 Å². The molecule has 2 aromatic heterocycles. The Hall–Kier alpha value is -6.12. The Morgan fingerprint density at radius 1 is 0.367 bits per heavy atom. The van der Waals surface area contributed by atoms with Gasteiger partial charge in [0, 0.05) is 33.2 Å². The van der Waals surface area contributed by atoms with Crippen molar-refractivity contribution in [3.8, 4) is 33.6 Å². The van der Waals surface area contributed by atoms with Gasteiger partial charge < -0.3 is 9.13 Å². The summed E-state index contributed by atoms with van der Waals surface area (Å²) >= 11 is 0. The molecule has 0 amide bonds. The maximum Gasteiger partial charge on any atom is 0.0727 e. The molecule has 230 valence electrons. The molecule has 0 unspecified atom stereocenters. The average Bonchev–Trinajstić information content (AvgIpc) is 3.83. The molecule has 0 fully saturated rings. The molecule has 2 heterocycles. The van der Waals surface area contributed by atoms with Crippen molar-refractivity contribution in [2.45, 2.75) is 19.3 Å². The Balaban J connectivity index is 1.25. The minimum Gasteiger partial charge on any atom is -0.314 e. The van der Waals surface area contributed by atoms with Crippen molar-refractivity contribution >= 4 is 32.7 Å². The largest absolute Gasteiger partial charge is 0.314 e. The van der Waals surface area contributed by atoms with E-state index in [4.69, 9.17) is 0 Å². The van der Waals surface area contributed by atoms with Crippen molar-refractivity contribution in [2.24, 2.45) is 0 Å². The van der Waals surface area contributed by atoms with Crippen LogP contribution in [0.1, 0.15) is 33.5 Å². The van der Waals surface area contributed by atoms with E-state index in [-0.39, 0.29) is 0 Å². The van der Waals surface area contributed by atoms with E-state index in [1.165, 1.54) is 99.8 Å². The molecule has 9 aromatic rings. The highest BCUT2D eigenvalue weighted by molar-refractivity contribution is 6.09. The minimum atomic E-state index is -0.450. The summed E-state index contributed by atoms with van der Waals surface area (Å²) in [5.41, 5.74) is 19.0. The zero-order chi connectivity index (χ0) is 32.4. The average molecular weight is 625 g/mol. The summed E-state index contributed by atoms with van der Waals surface area (Å²) in [5, 5.41) is 3.87. The van der Waals surface area contributed by atoms with Gasteiger partial charge >= 0.3 is 0 Å². The van der Waals surface area contributed by atoms with Crippen LogP contribution in [0.3, 0.4) is 0 Å². The lowest BCUT2D eigenvalue weighted by Gasteiger charge is -2.31. The van der Waals surface area contributed by atoms with E-state index >= 15 is 0 Å². The van der Waals surface area contributed by atoms with E-state index in [0.29, 0.717) is 0 Å². The number of nitrogens with zero attached hydrogens (tertiary/aromatic N) is 2. The van der Waals surface area contributed by atoms with E-state index in [9.17, 15) is 0 Å². The fourth-order valence-corrected chi connectivity index (χ4v) is 9.46. The smallest absolute Gasteiger partial charge is 0.0727 e. The van der Waals surface area contributed by atoms with Gasteiger partial charge in [0.1, 0.15) is 0 Å². The van der Waals surface area contributed by atoms with Gasteiger partial charge in [0.2, 0.25) is 0 Å². The fourth-order valence-electron chi connectivity index (χ4n) is 9.46. The van der Waals surface area contributed by atoms with E-state index in [1.54, 1.807) is 0 Å². The summed E-state index contributed by atoms with van der Waals surface area (Å²) in [4.78, 5) is 0. The third-order valence-corrected chi connectivity index (χ3v) is 11.6. The first-order valence-corrected chi connectivity index (χ1v) is 17.2. The number of fused-ring (bicyclic) bond motifs is 14. The van der Waals surface area contributed by atoms with Crippen LogP contribution in [0, 0.1) is 13.8 Å². The zero-order valence-electron chi connectivity index (χ0n) is 27.4. The van der Waals surface area contributed by atoms with Gasteiger partial charge in [-0.15, -0.1) is 0 Å². The van der Waals surface area contributed by atoms with E-state index in [2.05, 4.69) is 181 Å². The summed E-state index contributed by atoms with van der Waals surface area (Å²) in [5.74, 6) is 0. The van der Waals surface area contributed by atoms with Gasteiger partial charge in [-0.2, -0.15) is 0 Å². The highest BCUT2D eigenvalue weighted by Crippen LogP contribution is 2.63. The van der Waals surface area contributed by atoms with E-state index < -0.39 is 5.41 Å². The van der Waals surface area contributed by atoms with Crippen LogP contribution in [0.15, 0.2) is 158 Å². The predicted octanol–water partition coefficient (Wildman–Crippen LogP) is 11.7. The lowest BCUT2D eigenvalue weighted by Crippen LogP contribution is -2.26. The van der Waals surface area contributed by atoms with Crippen LogP contribution in [0.5, 0.6) is 0 Å². The van der Waals surface area contributed by atoms with Gasteiger partial charge in [-0.1, -0.05) is 115 Å². The maximum atomic E-state index is 2.49. The van der Waals surface area contributed by atoms with Gasteiger partial charge in [0.15, 0.2) is 0 Å². The molecule has 2 heteroatoms. The quantitative estimate of drug-likeness (QED) is 0.181. The highest BCUT2D eigenvalue weighted by atomic mass is 15.0. The summed E-state index contributed by atoms with van der Waals surface area (Å²) < 4.78 is 4.91. The van der Waals surface area contributed by atoms with Gasteiger partial charge in [0.25, 0.3) is 0 Å². The number of benzene rings is 7. The van der Waals surface area contributed by atoms with Crippen LogP contribution < -0.4 is 0 Å². The van der Waals surface area contributed by atoms with Crippen molar-refractivity contribution < 1.29 is 0 Å². The molecular weight excluding hydrogens is 593 g/mol. The SMILES string of the molecule is Cc1c(C)n(-c2ccc3c(c2)C2(c4ccccc4-c4ccccc42)c2cc(-n4c5ccccc5c5ccccc54)ccc2-3)c2ccccc12. The van der Waals surface area contributed by atoms with Crippen LogP contribution in [-0.2, 0) is 5.41 Å². The summed E-state index contributed by atoms with van der Waals surface area (Å²) in [7, 11) is 0. The first-order chi connectivity index (χ1) is 24.2. The standard InChI is InChI=1S/C47H32N2/c1-29-30(2)48(44-20-10-5-13-33(29)44)31-23-25-36-37-26-24-32(49-45-21-11-6-16-38(45)39-17-7-12-22-46(39)49)28-43(37)47(42(36)27-31)40-18-8-3-14-34(40)35-15-4-9-19-41(35)47/h3-28H,1-2H3. The number of aryl methyl sites for hydroxylation is 1. The number of hydrogen-bond donors (Lipinski definition) is 0. The summed E-state index contributed by atoms with van der Waals surface area (Å²) in [6.45, 7) is 4.50. The van der Waals surface area contributed by atoms with Gasteiger partial charge in [-0.05, 0) is 106 Å². The molecule has 7 aromatic carbocycles. The topological polar surface area (TPSA) is 9.86 Å². The third-order valence-electron chi connectivity index (χ3n) is 11.6. The second kappa shape index (κ2) is 9.49. The molecule has 0 aliphatic heterocycles. The Morgan fingerprint density at radius 3 is 1.33 bits per heavy atom. The van der Waals surface area contributed by atoms with Crippen LogP contribution in [-0.4, -0.2) is 9.13 Å². The Kier molecular flexibility index (Phi) is 5.21. The van der Waals surface area contributed by atoms with Crippen LogP contribution in [0.2, 0.25) is 0 Å². The molecule has 0 saturated heterocycles. The van der Waals surface area contributed by atoms with E-state index in [0.717, 1.165) is 0 Å². The first kappa shape index (κ1) is 26.9. The Labute approximate surface area is 285 Å². The summed E-state index contributed by atoms with van der Waals surface area (Å²) in [6, 6.07) is 59.0. The molecule has 49 heavy (non-hydrogen) atoms. The number of aromatic nitrogens is 2. The molecule has 2 nitrogen and oxygen atoms in total. The highest BCUT2D eigenvalue weighted by Gasteiger charge is 2.52. The molecule has 0 N–H and O–H groups in total. The van der Waals surface area contributed by atoms with E-state index in [1.807, 2.05) is 0 Å². The second-order valence-corrected chi connectivity index (χ2v) is 13.7. The lowest BCUT2D eigenvalue weighted by molar-refractivity contribution is 0.791. The third kappa shape index (κ3) is 3.26. The zero-order valence-corrected chi connectivity index (χ0v) is 27.4. The Morgan fingerprint density at radius 2 is 0.776 bits per heavy atom. The monoisotopic (exact) mass is 624 g/mol.